The average Bonchev–Trinajstić information content (AvgIpc) is 2.24. The van der Waals surface area contributed by atoms with Gasteiger partial charge >= 0.3 is 11.9 Å². The highest BCUT2D eigenvalue weighted by Crippen LogP contribution is 2.03. The second-order valence-corrected chi connectivity index (χ2v) is 5.46. The summed E-state index contributed by atoms with van der Waals surface area (Å²) in [4.78, 5) is 19.3. The van der Waals surface area contributed by atoms with Crippen molar-refractivity contribution < 1.29 is 25.3 Å². The Morgan fingerprint density at radius 3 is 1.58 bits per heavy atom. The Morgan fingerprint density at radius 2 is 1.37 bits per heavy atom. The number of thioether (sulfide) groups is 1. The van der Waals surface area contributed by atoms with Crippen LogP contribution in [0.5, 0.6) is 0 Å². The van der Waals surface area contributed by atoms with Gasteiger partial charge in [-0.25, -0.2) is 0 Å². The summed E-state index contributed by atoms with van der Waals surface area (Å²) in [6.07, 6.45) is 1.65. The summed E-state index contributed by atoms with van der Waals surface area (Å²) in [5, 5.41) is 15.9. The molecule has 4 N–H and O–H groups in total. The van der Waals surface area contributed by atoms with Crippen LogP contribution in [0.1, 0.15) is 53.9 Å². The van der Waals surface area contributed by atoms with E-state index >= 15 is 0 Å². The van der Waals surface area contributed by atoms with Crippen LogP contribution in [0.4, 0.5) is 0 Å². The Balaban J connectivity index is -0.0000000964. The fraction of sp³-hybridized carbons (Fsp3) is 0.846. The van der Waals surface area contributed by atoms with Crippen molar-refractivity contribution in [3.8, 4) is 0 Å². The summed E-state index contributed by atoms with van der Waals surface area (Å²) >= 11 is 1.70. The Morgan fingerprint density at radius 1 is 1.00 bits per heavy atom. The number of carboxylic acid groups (broad SMARTS) is 2. The first-order valence-corrected chi connectivity index (χ1v) is 7.44. The van der Waals surface area contributed by atoms with E-state index in [1.165, 1.54) is 0 Å². The zero-order valence-electron chi connectivity index (χ0n) is 12.7. The van der Waals surface area contributed by atoms with Gasteiger partial charge < -0.3 is 15.7 Å². The van der Waals surface area contributed by atoms with Gasteiger partial charge in [-0.3, -0.25) is 9.59 Å². The van der Waals surface area contributed by atoms with Gasteiger partial charge in [0.25, 0.3) is 0 Å². The van der Waals surface area contributed by atoms with Crippen LogP contribution in [0.3, 0.4) is 0 Å². The lowest BCUT2D eigenvalue weighted by Gasteiger charge is -1.93. The van der Waals surface area contributed by atoms with Crippen molar-refractivity contribution in [1.82, 2.24) is 0 Å². The first-order valence-electron chi connectivity index (χ1n) is 6.29. The molecule has 0 saturated carbocycles. The van der Waals surface area contributed by atoms with E-state index in [-0.39, 0.29) is 11.9 Å². The number of carbonyl (C=O) groups is 2. The van der Waals surface area contributed by atoms with E-state index in [2.05, 4.69) is 27.7 Å². The molecule has 0 saturated heterocycles. The van der Waals surface area contributed by atoms with Crippen LogP contribution in [-0.2, 0) is 9.59 Å². The number of hydrogen-bond donors (Lipinski definition) is 2. The quantitative estimate of drug-likeness (QED) is 0.733. The average molecular weight is 298 g/mol. The van der Waals surface area contributed by atoms with Crippen molar-refractivity contribution in [3.05, 3.63) is 0 Å². The Bertz CT molecular complexity index is 193. The van der Waals surface area contributed by atoms with Gasteiger partial charge in [-0.2, -0.15) is 11.8 Å². The number of carboxylic acids is 2. The molecule has 0 atom stereocenters. The van der Waals surface area contributed by atoms with E-state index in [0.717, 1.165) is 23.8 Å². The van der Waals surface area contributed by atoms with Crippen LogP contribution in [0.25, 0.3) is 0 Å². The molecule has 0 aromatic rings. The van der Waals surface area contributed by atoms with Gasteiger partial charge in [-0.1, -0.05) is 34.6 Å². The van der Waals surface area contributed by atoms with Crippen LogP contribution in [0, 0.1) is 5.92 Å². The topological polar surface area (TPSA) is 106 Å². The van der Waals surface area contributed by atoms with Gasteiger partial charge in [-0.05, 0) is 18.1 Å². The van der Waals surface area contributed by atoms with E-state index in [1.807, 2.05) is 0 Å². The maximum absolute atomic E-state index is 9.95. The lowest BCUT2D eigenvalue weighted by atomic mass is 10.3. The fourth-order valence-corrected chi connectivity index (χ4v) is 1.22. The monoisotopic (exact) mass is 298 g/mol. The van der Waals surface area contributed by atoms with Crippen molar-refractivity contribution in [3.63, 3.8) is 0 Å². The number of hydrogen-bond acceptors (Lipinski definition) is 3. The van der Waals surface area contributed by atoms with Crippen LogP contribution in [0.15, 0.2) is 0 Å². The number of aliphatic carboxylic acids is 2. The normalized spacial score (nSPS) is 8.32. The van der Waals surface area contributed by atoms with Crippen molar-refractivity contribution >= 4 is 23.7 Å². The minimum absolute atomic E-state index is 0. The third kappa shape index (κ3) is 76.3. The lowest BCUT2D eigenvalue weighted by Crippen LogP contribution is -1.96. The summed E-state index contributed by atoms with van der Waals surface area (Å²) in [6, 6.07) is 0. The SMILES string of the molecule is CC(C)C.CCC(=O)O.CCCSCCC(=O)O.O. The largest absolute Gasteiger partial charge is 0.481 e. The number of rotatable bonds is 6. The zero-order valence-corrected chi connectivity index (χ0v) is 13.5. The molecule has 0 radical (unpaired) electrons. The molecule has 0 spiro atoms. The van der Waals surface area contributed by atoms with Crippen LogP contribution < -0.4 is 0 Å². The summed E-state index contributed by atoms with van der Waals surface area (Å²) < 4.78 is 0. The smallest absolute Gasteiger partial charge is 0.304 e. The third-order valence-electron chi connectivity index (χ3n) is 1.11. The third-order valence-corrected chi connectivity index (χ3v) is 2.30. The van der Waals surface area contributed by atoms with Crippen LogP contribution in [-0.4, -0.2) is 39.1 Å². The fourth-order valence-electron chi connectivity index (χ4n) is 0.406. The first kappa shape index (κ1) is 26.7. The Hall–Kier alpha value is -0.750. The molecular formula is C13H30O5S. The molecule has 0 fully saturated rings. The molecule has 0 rings (SSSR count). The van der Waals surface area contributed by atoms with Crippen LogP contribution >= 0.6 is 11.8 Å². The van der Waals surface area contributed by atoms with E-state index < -0.39 is 11.9 Å². The molecule has 0 aromatic heterocycles. The maximum atomic E-state index is 9.95. The van der Waals surface area contributed by atoms with Crippen molar-refractivity contribution in [2.24, 2.45) is 5.92 Å². The molecule has 0 aliphatic rings. The summed E-state index contributed by atoms with van der Waals surface area (Å²) in [7, 11) is 0. The summed E-state index contributed by atoms with van der Waals surface area (Å²) in [5.41, 5.74) is 0. The van der Waals surface area contributed by atoms with Crippen molar-refractivity contribution in [2.75, 3.05) is 11.5 Å². The van der Waals surface area contributed by atoms with E-state index in [1.54, 1.807) is 18.7 Å². The lowest BCUT2D eigenvalue weighted by molar-refractivity contribution is -0.137. The second kappa shape index (κ2) is 22.4. The van der Waals surface area contributed by atoms with Gasteiger partial charge in [0, 0.05) is 12.2 Å². The molecule has 0 aliphatic carbocycles. The van der Waals surface area contributed by atoms with E-state index in [9.17, 15) is 9.59 Å². The predicted octanol–water partition coefficient (Wildman–Crippen LogP) is 2.92. The van der Waals surface area contributed by atoms with Gasteiger partial charge in [-0.15, -0.1) is 0 Å². The minimum Gasteiger partial charge on any atom is -0.481 e. The van der Waals surface area contributed by atoms with E-state index in [4.69, 9.17) is 10.2 Å². The molecule has 0 heterocycles. The highest BCUT2D eigenvalue weighted by atomic mass is 32.2. The molecule has 5 nitrogen and oxygen atoms in total. The maximum Gasteiger partial charge on any atom is 0.304 e. The molecule has 0 unspecified atom stereocenters. The van der Waals surface area contributed by atoms with Gasteiger partial charge in [0.1, 0.15) is 0 Å². The molecule has 0 amide bonds. The van der Waals surface area contributed by atoms with Crippen LogP contribution in [0.2, 0.25) is 0 Å². The van der Waals surface area contributed by atoms with E-state index in [0.29, 0.717) is 6.42 Å². The molecular weight excluding hydrogens is 268 g/mol. The molecule has 19 heavy (non-hydrogen) atoms. The second-order valence-electron chi connectivity index (χ2n) is 4.24. The minimum atomic E-state index is -0.745. The molecule has 0 aliphatic heterocycles. The van der Waals surface area contributed by atoms with Gasteiger partial charge in [0.2, 0.25) is 0 Å². The van der Waals surface area contributed by atoms with Gasteiger partial charge in [0.05, 0.1) is 6.42 Å². The molecule has 0 aromatic carbocycles. The summed E-state index contributed by atoms with van der Waals surface area (Å²) in [6.45, 7) is 10.2. The first-order chi connectivity index (χ1) is 8.27. The Kier molecular flexibility index (Phi) is 31.6. The standard InChI is InChI=1S/C6H12O2S.C4H10.C3H6O2.H2O/c1-2-4-9-5-3-6(7)8;1-4(2)3;1-2-3(4)5;/h2-5H2,1H3,(H,7,8);4H,1-3H3;2H2,1H3,(H,4,5);1H2. The highest BCUT2D eigenvalue weighted by Gasteiger charge is 1.94. The molecule has 0 bridgehead atoms. The molecule has 118 valence electrons. The Labute approximate surface area is 121 Å². The van der Waals surface area contributed by atoms with Gasteiger partial charge in [0.15, 0.2) is 0 Å². The van der Waals surface area contributed by atoms with Crippen molar-refractivity contribution in [2.45, 2.75) is 53.9 Å². The summed E-state index contributed by atoms with van der Waals surface area (Å²) in [5.74, 6) is 1.22. The predicted molar refractivity (Wildman–Crippen MR) is 81.9 cm³/mol. The van der Waals surface area contributed by atoms with Crippen molar-refractivity contribution in [1.29, 1.82) is 0 Å². The highest BCUT2D eigenvalue weighted by molar-refractivity contribution is 7.99. The zero-order chi connectivity index (χ0) is 15.0. The molecule has 6 heteroatoms.